The maximum Gasteiger partial charge on any atom is 0.263 e. The number of nitrogens with one attached hydrogen (secondary N) is 1. The van der Waals surface area contributed by atoms with Crippen molar-refractivity contribution in [2.45, 2.75) is 5.85 Å². The SMILES string of the molecule is Nc1ccc(C2(N)Nc3ccccc3O2)cc1. The summed E-state index contributed by atoms with van der Waals surface area (Å²) in [6, 6.07) is 15.0. The predicted molar refractivity (Wildman–Crippen MR) is 67.4 cm³/mol. The van der Waals surface area contributed by atoms with Crippen LogP contribution in [-0.4, -0.2) is 0 Å². The second kappa shape index (κ2) is 3.40. The summed E-state index contributed by atoms with van der Waals surface area (Å²) in [4.78, 5) is 0. The molecule has 0 amide bonds. The predicted octanol–water partition coefficient (Wildman–Crippen LogP) is 1.84. The van der Waals surface area contributed by atoms with Gasteiger partial charge in [-0.1, -0.05) is 12.1 Å². The third-order valence-electron chi connectivity index (χ3n) is 2.82. The quantitative estimate of drug-likeness (QED) is 0.650. The molecule has 0 saturated heterocycles. The van der Waals surface area contributed by atoms with Gasteiger partial charge in [0.15, 0.2) is 0 Å². The Morgan fingerprint density at radius 2 is 1.71 bits per heavy atom. The Labute approximate surface area is 99.2 Å². The molecule has 0 saturated carbocycles. The second-order valence-corrected chi connectivity index (χ2v) is 4.08. The van der Waals surface area contributed by atoms with Crippen LogP contribution in [0.4, 0.5) is 11.4 Å². The van der Waals surface area contributed by atoms with Gasteiger partial charge in [-0.05, 0) is 36.4 Å². The van der Waals surface area contributed by atoms with E-state index in [1.165, 1.54) is 0 Å². The lowest BCUT2D eigenvalue weighted by atomic mass is 10.1. The van der Waals surface area contributed by atoms with Crippen molar-refractivity contribution in [1.29, 1.82) is 0 Å². The molecule has 0 radical (unpaired) electrons. The molecule has 3 rings (SSSR count). The van der Waals surface area contributed by atoms with Crippen LogP contribution >= 0.6 is 0 Å². The Morgan fingerprint density at radius 3 is 2.41 bits per heavy atom. The van der Waals surface area contributed by atoms with E-state index in [-0.39, 0.29) is 0 Å². The summed E-state index contributed by atoms with van der Waals surface area (Å²) >= 11 is 0. The summed E-state index contributed by atoms with van der Waals surface area (Å²) in [5.74, 6) is -0.260. The summed E-state index contributed by atoms with van der Waals surface area (Å²) in [5.41, 5.74) is 14.3. The number of ether oxygens (including phenoxy) is 1. The summed E-state index contributed by atoms with van der Waals surface area (Å²) in [6.45, 7) is 0. The van der Waals surface area contributed by atoms with Crippen molar-refractivity contribution in [2.75, 3.05) is 11.1 Å². The van der Waals surface area contributed by atoms with Crippen LogP contribution in [0.1, 0.15) is 5.56 Å². The molecule has 1 aliphatic rings. The second-order valence-electron chi connectivity index (χ2n) is 4.08. The maximum absolute atomic E-state index is 6.21. The normalized spacial score (nSPS) is 21.5. The lowest BCUT2D eigenvalue weighted by Crippen LogP contribution is -2.46. The number of benzene rings is 2. The summed E-state index contributed by atoms with van der Waals surface area (Å²) in [6.07, 6.45) is 0. The molecule has 5 N–H and O–H groups in total. The molecular formula is C13H13N3O. The lowest BCUT2D eigenvalue weighted by molar-refractivity contribution is 0.126. The van der Waals surface area contributed by atoms with Gasteiger partial charge in [0.1, 0.15) is 5.75 Å². The van der Waals surface area contributed by atoms with Crippen LogP contribution in [0.5, 0.6) is 5.75 Å². The standard InChI is InChI=1S/C13H13N3O/c14-10-7-5-9(6-8-10)13(15)16-11-3-1-2-4-12(11)17-13/h1-8,16H,14-15H2. The first-order chi connectivity index (χ1) is 8.17. The molecule has 0 spiro atoms. The van der Waals surface area contributed by atoms with Gasteiger partial charge in [0, 0.05) is 11.3 Å². The third kappa shape index (κ3) is 1.59. The molecule has 1 aliphatic heterocycles. The number of nitrogen functional groups attached to an aromatic ring is 1. The van der Waals surface area contributed by atoms with E-state index in [9.17, 15) is 0 Å². The first-order valence-electron chi connectivity index (χ1n) is 5.38. The zero-order valence-corrected chi connectivity index (χ0v) is 9.18. The van der Waals surface area contributed by atoms with Gasteiger partial charge in [0.25, 0.3) is 5.85 Å². The van der Waals surface area contributed by atoms with Crippen molar-refractivity contribution in [3.05, 3.63) is 54.1 Å². The molecule has 0 aliphatic carbocycles. The third-order valence-corrected chi connectivity index (χ3v) is 2.82. The van der Waals surface area contributed by atoms with Gasteiger partial charge in [-0.15, -0.1) is 0 Å². The first-order valence-corrected chi connectivity index (χ1v) is 5.38. The van der Waals surface area contributed by atoms with Gasteiger partial charge in [-0.3, -0.25) is 5.73 Å². The number of hydrogen-bond donors (Lipinski definition) is 3. The van der Waals surface area contributed by atoms with Crippen molar-refractivity contribution < 1.29 is 4.74 Å². The minimum atomic E-state index is -1.02. The Hall–Kier alpha value is -2.20. The Balaban J connectivity index is 1.98. The van der Waals surface area contributed by atoms with E-state index in [0.717, 1.165) is 17.0 Å². The van der Waals surface area contributed by atoms with Crippen molar-refractivity contribution in [3.63, 3.8) is 0 Å². The van der Waals surface area contributed by atoms with Crippen LogP contribution in [0.25, 0.3) is 0 Å². The minimum absolute atomic E-state index is 0.702. The van der Waals surface area contributed by atoms with Gasteiger partial charge < -0.3 is 15.8 Å². The van der Waals surface area contributed by atoms with Crippen LogP contribution in [0.15, 0.2) is 48.5 Å². The highest BCUT2D eigenvalue weighted by molar-refractivity contribution is 5.62. The molecule has 2 aromatic rings. The van der Waals surface area contributed by atoms with Gasteiger partial charge in [-0.2, -0.15) is 0 Å². The molecule has 17 heavy (non-hydrogen) atoms. The summed E-state index contributed by atoms with van der Waals surface area (Å²) in [5, 5.41) is 3.16. The monoisotopic (exact) mass is 227 g/mol. The molecule has 86 valence electrons. The largest absolute Gasteiger partial charge is 0.448 e. The van der Waals surface area contributed by atoms with Crippen molar-refractivity contribution in [3.8, 4) is 5.75 Å². The van der Waals surface area contributed by atoms with Crippen LogP contribution in [0.2, 0.25) is 0 Å². The van der Waals surface area contributed by atoms with E-state index in [4.69, 9.17) is 16.2 Å². The molecule has 0 fully saturated rings. The Bertz CT molecular complexity index is 526. The first kappa shape index (κ1) is 9.99. The fraction of sp³-hybridized carbons (Fsp3) is 0.0769. The average molecular weight is 227 g/mol. The number of nitrogens with two attached hydrogens (primary N) is 2. The fourth-order valence-corrected chi connectivity index (χ4v) is 1.92. The van der Waals surface area contributed by atoms with E-state index < -0.39 is 5.85 Å². The molecule has 1 unspecified atom stereocenters. The highest BCUT2D eigenvalue weighted by atomic mass is 16.5. The smallest absolute Gasteiger partial charge is 0.263 e. The van der Waals surface area contributed by atoms with Gasteiger partial charge in [-0.25, -0.2) is 0 Å². The number of rotatable bonds is 1. The molecule has 0 bridgehead atoms. The summed E-state index contributed by atoms with van der Waals surface area (Å²) in [7, 11) is 0. The maximum atomic E-state index is 6.21. The van der Waals surface area contributed by atoms with Gasteiger partial charge >= 0.3 is 0 Å². The molecule has 2 aromatic carbocycles. The summed E-state index contributed by atoms with van der Waals surface area (Å²) < 4.78 is 5.75. The van der Waals surface area contributed by atoms with Crippen molar-refractivity contribution in [2.24, 2.45) is 5.73 Å². The molecule has 1 atom stereocenters. The van der Waals surface area contributed by atoms with E-state index in [2.05, 4.69) is 5.32 Å². The number of para-hydroxylation sites is 2. The molecular weight excluding hydrogens is 214 g/mol. The fourth-order valence-electron chi connectivity index (χ4n) is 1.92. The number of anilines is 2. The molecule has 1 heterocycles. The minimum Gasteiger partial charge on any atom is -0.448 e. The molecule has 4 nitrogen and oxygen atoms in total. The topological polar surface area (TPSA) is 73.3 Å². The number of hydrogen-bond acceptors (Lipinski definition) is 4. The van der Waals surface area contributed by atoms with E-state index in [1.807, 2.05) is 36.4 Å². The van der Waals surface area contributed by atoms with E-state index in [0.29, 0.717) is 5.69 Å². The van der Waals surface area contributed by atoms with Crippen LogP contribution in [0, 0.1) is 0 Å². The zero-order valence-electron chi connectivity index (χ0n) is 9.18. The lowest BCUT2D eigenvalue weighted by Gasteiger charge is -2.24. The average Bonchev–Trinajstić information content (AvgIpc) is 2.67. The van der Waals surface area contributed by atoms with Crippen LogP contribution in [-0.2, 0) is 5.85 Å². The van der Waals surface area contributed by atoms with Gasteiger partial charge in [0.2, 0.25) is 0 Å². The molecule has 4 heteroatoms. The highest BCUT2D eigenvalue weighted by Crippen LogP contribution is 2.38. The molecule has 0 aromatic heterocycles. The highest BCUT2D eigenvalue weighted by Gasteiger charge is 2.36. The zero-order chi connectivity index (χ0) is 11.9. The number of fused-ring (bicyclic) bond motifs is 1. The van der Waals surface area contributed by atoms with Crippen molar-refractivity contribution >= 4 is 11.4 Å². The van der Waals surface area contributed by atoms with E-state index >= 15 is 0 Å². The van der Waals surface area contributed by atoms with E-state index in [1.54, 1.807) is 12.1 Å². The van der Waals surface area contributed by atoms with Crippen LogP contribution < -0.4 is 21.5 Å². The van der Waals surface area contributed by atoms with Crippen molar-refractivity contribution in [1.82, 2.24) is 0 Å². The van der Waals surface area contributed by atoms with Crippen LogP contribution in [0.3, 0.4) is 0 Å². The Kier molecular flexibility index (Phi) is 2.00. The van der Waals surface area contributed by atoms with Gasteiger partial charge in [0.05, 0.1) is 5.69 Å². The Morgan fingerprint density at radius 1 is 1.00 bits per heavy atom.